The van der Waals surface area contributed by atoms with Gasteiger partial charge in [-0.1, -0.05) is 84.9 Å². The molecule has 0 spiro atoms. The minimum Gasteiger partial charge on any atom is -0.456 e. The molecule has 0 aliphatic carbocycles. The highest BCUT2D eigenvalue weighted by atomic mass is 16.3. The number of aromatic nitrogens is 4. The number of rotatable bonds is 5. The van der Waals surface area contributed by atoms with Crippen LogP contribution >= 0.6 is 0 Å². The van der Waals surface area contributed by atoms with Gasteiger partial charge in [-0.15, -0.1) is 0 Å². The van der Waals surface area contributed by atoms with Crippen LogP contribution in [0.25, 0.3) is 99.9 Å². The second kappa shape index (κ2) is 11.9. The Morgan fingerprint density at radius 1 is 0.353 bits per heavy atom. The topological polar surface area (TPSA) is 64.7 Å². The van der Waals surface area contributed by atoms with Gasteiger partial charge in [-0.25, -0.2) is 9.97 Å². The van der Waals surface area contributed by atoms with Crippen LogP contribution in [-0.2, 0) is 0 Å². The first-order valence-electron chi connectivity index (χ1n) is 16.9. The molecule has 0 fully saturated rings. The average molecular weight is 653 g/mol. The van der Waals surface area contributed by atoms with Gasteiger partial charge in [0.1, 0.15) is 11.2 Å². The standard InChI is InChI=1S/C46H28N4O/c1-2-10-29(11-3-1)46-49-42(32-18-19-45-39(25-32)38-14-6-9-17-44(38)51-45)26-43(50-46)35-23-33(36-20-30-12-4-7-15-40(30)47-27-36)22-34(24-35)37-21-31-13-5-8-16-41(31)48-28-37/h1-28H. The molecule has 0 N–H and O–H groups in total. The summed E-state index contributed by atoms with van der Waals surface area (Å²) in [6.07, 6.45) is 3.91. The highest BCUT2D eigenvalue weighted by Crippen LogP contribution is 2.37. The number of furan rings is 1. The van der Waals surface area contributed by atoms with E-state index >= 15 is 0 Å². The van der Waals surface area contributed by atoms with Crippen molar-refractivity contribution < 1.29 is 4.42 Å². The van der Waals surface area contributed by atoms with E-state index in [4.69, 9.17) is 24.4 Å². The summed E-state index contributed by atoms with van der Waals surface area (Å²) in [5.74, 6) is 0.659. The molecule has 10 rings (SSSR count). The molecule has 5 nitrogen and oxygen atoms in total. The van der Waals surface area contributed by atoms with Crippen molar-refractivity contribution in [1.82, 2.24) is 19.9 Å². The number of nitrogens with zero attached hydrogens (tertiary/aromatic N) is 4. The van der Waals surface area contributed by atoms with Gasteiger partial charge >= 0.3 is 0 Å². The molecule has 0 aliphatic heterocycles. The Hall–Kier alpha value is -6.98. The molecule has 5 heteroatoms. The van der Waals surface area contributed by atoms with Gasteiger partial charge in [-0.3, -0.25) is 9.97 Å². The molecule has 0 amide bonds. The van der Waals surface area contributed by atoms with Crippen LogP contribution in [0.2, 0.25) is 0 Å². The van der Waals surface area contributed by atoms with Crippen LogP contribution in [0, 0.1) is 0 Å². The van der Waals surface area contributed by atoms with E-state index < -0.39 is 0 Å². The van der Waals surface area contributed by atoms with Crippen molar-refractivity contribution in [2.24, 2.45) is 0 Å². The van der Waals surface area contributed by atoms with Gasteiger partial charge in [-0.2, -0.15) is 0 Å². The van der Waals surface area contributed by atoms with Crippen LogP contribution in [0.1, 0.15) is 0 Å². The van der Waals surface area contributed by atoms with E-state index in [0.29, 0.717) is 5.82 Å². The molecular weight excluding hydrogens is 625 g/mol. The van der Waals surface area contributed by atoms with Crippen LogP contribution in [0.3, 0.4) is 0 Å². The molecule has 0 aliphatic rings. The first-order valence-corrected chi connectivity index (χ1v) is 16.9. The maximum absolute atomic E-state index is 6.15. The molecule has 6 aromatic carbocycles. The first-order chi connectivity index (χ1) is 25.2. The predicted octanol–water partition coefficient (Wildman–Crippen LogP) is 11.8. The van der Waals surface area contributed by atoms with Gasteiger partial charge in [0.15, 0.2) is 5.82 Å². The zero-order chi connectivity index (χ0) is 33.7. The van der Waals surface area contributed by atoms with Gasteiger partial charge in [0.2, 0.25) is 0 Å². The van der Waals surface area contributed by atoms with Crippen molar-refractivity contribution in [2.75, 3.05) is 0 Å². The van der Waals surface area contributed by atoms with Crippen LogP contribution in [0.5, 0.6) is 0 Å². The Morgan fingerprint density at radius 3 is 1.63 bits per heavy atom. The second-order valence-corrected chi connectivity index (χ2v) is 12.8. The number of hydrogen-bond donors (Lipinski definition) is 0. The minimum absolute atomic E-state index is 0.659. The monoisotopic (exact) mass is 652 g/mol. The minimum atomic E-state index is 0.659. The Bertz CT molecular complexity index is 2830. The molecule has 51 heavy (non-hydrogen) atoms. The maximum Gasteiger partial charge on any atom is 0.160 e. The normalized spacial score (nSPS) is 11.5. The number of hydrogen-bond acceptors (Lipinski definition) is 5. The lowest BCUT2D eigenvalue weighted by Gasteiger charge is -2.14. The largest absolute Gasteiger partial charge is 0.456 e. The van der Waals surface area contributed by atoms with E-state index in [1.54, 1.807) is 0 Å². The third-order valence-corrected chi connectivity index (χ3v) is 9.51. The second-order valence-electron chi connectivity index (χ2n) is 12.8. The smallest absolute Gasteiger partial charge is 0.160 e. The predicted molar refractivity (Wildman–Crippen MR) is 207 cm³/mol. The fourth-order valence-electron chi connectivity index (χ4n) is 6.91. The highest BCUT2D eigenvalue weighted by molar-refractivity contribution is 6.06. The van der Waals surface area contributed by atoms with E-state index in [2.05, 4.69) is 78.9 Å². The van der Waals surface area contributed by atoms with Crippen LogP contribution in [-0.4, -0.2) is 19.9 Å². The Kier molecular flexibility index (Phi) is 6.74. The number of pyridine rings is 2. The molecule has 4 heterocycles. The quantitative estimate of drug-likeness (QED) is 0.185. The lowest BCUT2D eigenvalue weighted by molar-refractivity contribution is 0.669. The van der Waals surface area contributed by atoms with E-state index in [0.717, 1.165) is 94.1 Å². The highest BCUT2D eigenvalue weighted by Gasteiger charge is 2.16. The zero-order valence-corrected chi connectivity index (χ0v) is 27.4. The van der Waals surface area contributed by atoms with Crippen LogP contribution in [0.15, 0.2) is 175 Å². The van der Waals surface area contributed by atoms with E-state index in [9.17, 15) is 0 Å². The fraction of sp³-hybridized carbons (Fsp3) is 0. The molecule has 0 bridgehead atoms. The molecule has 0 radical (unpaired) electrons. The summed E-state index contributed by atoms with van der Waals surface area (Å²) in [4.78, 5) is 20.0. The average Bonchev–Trinajstić information content (AvgIpc) is 3.58. The van der Waals surface area contributed by atoms with E-state index in [1.807, 2.05) is 91.3 Å². The van der Waals surface area contributed by atoms with E-state index in [-0.39, 0.29) is 0 Å². The summed E-state index contributed by atoms with van der Waals surface area (Å²) in [5, 5.41) is 4.32. The number of fused-ring (bicyclic) bond motifs is 5. The van der Waals surface area contributed by atoms with Crippen molar-refractivity contribution in [2.45, 2.75) is 0 Å². The number of para-hydroxylation sites is 3. The van der Waals surface area contributed by atoms with Gasteiger partial charge in [0.05, 0.1) is 22.4 Å². The van der Waals surface area contributed by atoms with Crippen molar-refractivity contribution in [1.29, 1.82) is 0 Å². The first kappa shape index (κ1) is 29.0. The Morgan fingerprint density at radius 2 is 0.922 bits per heavy atom. The van der Waals surface area contributed by atoms with Crippen LogP contribution < -0.4 is 0 Å². The molecule has 10 aromatic rings. The fourth-order valence-corrected chi connectivity index (χ4v) is 6.91. The maximum atomic E-state index is 6.15. The van der Waals surface area contributed by atoms with Gasteiger partial charge in [0.25, 0.3) is 0 Å². The van der Waals surface area contributed by atoms with Crippen molar-refractivity contribution in [3.8, 4) is 56.2 Å². The molecule has 0 atom stereocenters. The third-order valence-electron chi connectivity index (χ3n) is 9.51. The zero-order valence-electron chi connectivity index (χ0n) is 27.4. The van der Waals surface area contributed by atoms with Crippen molar-refractivity contribution in [3.05, 3.63) is 170 Å². The van der Waals surface area contributed by atoms with Gasteiger partial charge < -0.3 is 4.42 Å². The molecule has 0 unspecified atom stereocenters. The summed E-state index contributed by atoms with van der Waals surface area (Å²) in [6, 6.07) is 54.2. The summed E-state index contributed by atoms with van der Waals surface area (Å²) in [6.45, 7) is 0. The van der Waals surface area contributed by atoms with Crippen molar-refractivity contribution >= 4 is 43.7 Å². The molecule has 0 saturated carbocycles. The lowest BCUT2D eigenvalue weighted by Crippen LogP contribution is -1.97. The summed E-state index contributed by atoms with van der Waals surface area (Å²) >= 11 is 0. The summed E-state index contributed by atoms with van der Waals surface area (Å²) in [7, 11) is 0. The van der Waals surface area contributed by atoms with Crippen molar-refractivity contribution in [3.63, 3.8) is 0 Å². The molecular formula is C46H28N4O. The van der Waals surface area contributed by atoms with E-state index in [1.165, 1.54) is 0 Å². The molecule has 238 valence electrons. The lowest BCUT2D eigenvalue weighted by atomic mass is 9.94. The Labute approximate surface area is 293 Å². The third kappa shape index (κ3) is 5.29. The van der Waals surface area contributed by atoms with Gasteiger partial charge in [-0.05, 0) is 83.9 Å². The SMILES string of the molecule is c1ccc(-c2nc(-c3cc(-c4cnc5ccccc5c4)cc(-c4cnc5ccccc5c4)c3)cc(-c3ccc4oc5ccccc5c4c3)n2)cc1. The summed E-state index contributed by atoms with van der Waals surface area (Å²) < 4.78 is 6.15. The van der Waals surface area contributed by atoms with Gasteiger partial charge in [0, 0.05) is 61.8 Å². The van der Waals surface area contributed by atoms with Crippen LogP contribution in [0.4, 0.5) is 0 Å². The molecule has 4 aromatic heterocycles. The Balaban J connectivity index is 1.20. The summed E-state index contributed by atoms with van der Waals surface area (Å²) in [5.41, 5.74) is 12.4. The molecule has 0 saturated heterocycles. The number of benzene rings is 6.